The summed E-state index contributed by atoms with van der Waals surface area (Å²) < 4.78 is 27.4. The smallest absolute Gasteiger partial charge is 0.276 e. The van der Waals surface area contributed by atoms with E-state index in [1.54, 1.807) is 10.5 Å². The van der Waals surface area contributed by atoms with Crippen molar-refractivity contribution in [2.75, 3.05) is 24.7 Å². The maximum atomic E-state index is 13.1. The zero-order chi connectivity index (χ0) is 25.5. The highest BCUT2D eigenvalue weighted by Crippen LogP contribution is 2.36. The van der Waals surface area contributed by atoms with Crippen LogP contribution in [0, 0.1) is 11.3 Å². The van der Waals surface area contributed by atoms with Gasteiger partial charge < -0.3 is 5.32 Å². The molecule has 1 unspecified atom stereocenters. The number of carbonyl (C=O) groups excluding carboxylic acids is 1. The molecule has 2 aliphatic rings. The van der Waals surface area contributed by atoms with Crippen LogP contribution < -0.4 is 5.32 Å². The number of rotatable bonds is 6. The van der Waals surface area contributed by atoms with Crippen molar-refractivity contribution in [3.63, 3.8) is 0 Å². The molecule has 1 fully saturated rings. The summed E-state index contributed by atoms with van der Waals surface area (Å²) in [5, 5.41) is 15.0. The van der Waals surface area contributed by atoms with Gasteiger partial charge in [-0.25, -0.2) is 12.7 Å². The number of fused-ring (bicyclic) bond motifs is 1. The molecule has 1 aromatic carbocycles. The molecule has 192 valence electrons. The average Bonchev–Trinajstić information content (AvgIpc) is 3.46. The first-order valence-corrected chi connectivity index (χ1v) is 14.4. The van der Waals surface area contributed by atoms with Crippen molar-refractivity contribution in [1.29, 1.82) is 0 Å². The van der Waals surface area contributed by atoms with Crippen molar-refractivity contribution in [1.82, 2.24) is 24.3 Å². The fraction of sp³-hybridized carbons (Fsp3) is 0.500. The number of aromatic nitrogens is 4. The number of nitrogens with one attached hydrogen (secondary N) is 2. The summed E-state index contributed by atoms with van der Waals surface area (Å²) in [5.41, 5.74) is 4.46. The second-order valence-electron chi connectivity index (χ2n) is 10.9. The maximum absolute atomic E-state index is 13.1. The number of aromatic amines is 1. The van der Waals surface area contributed by atoms with Crippen LogP contribution in [-0.4, -0.2) is 58.0 Å². The minimum Gasteiger partial charge on any atom is -0.318 e. The molecule has 10 heteroatoms. The minimum absolute atomic E-state index is 0.0565. The van der Waals surface area contributed by atoms with Crippen LogP contribution in [0.5, 0.6) is 0 Å². The number of hydrogen-bond donors (Lipinski definition) is 2. The summed E-state index contributed by atoms with van der Waals surface area (Å²) in [6.45, 7) is 5.47. The Balaban J connectivity index is 1.35. The Hall–Kier alpha value is -2.98. The molecule has 1 amide bonds. The highest BCUT2D eigenvalue weighted by Gasteiger charge is 2.33. The lowest BCUT2D eigenvalue weighted by Crippen LogP contribution is -2.40. The standard InChI is InChI=1S/C26H34N6O3S/c1-26(2)12-9-21-22(15-26)29-30-23(21)25(33)28-20-16-27-32(17-20)24(18-7-5-4-6-8-18)19-10-13-31(14-11-19)36(3,34)35/h4-8,16-17,19,24H,9-15H2,1-3H3,(H,28,33)(H,29,30). The van der Waals surface area contributed by atoms with Gasteiger partial charge in [0.2, 0.25) is 10.0 Å². The number of sulfonamides is 1. The SMILES string of the molecule is CC1(C)CCc2c(C(=O)Nc3cnn(C(c4ccccc4)C4CCN(S(C)(=O)=O)CC4)c3)n[nH]c2C1. The fourth-order valence-electron chi connectivity index (χ4n) is 5.59. The molecule has 1 aliphatic carbocycles. The van der Waals surface area contributed by atoms with Gasteiger partial charge in [-0.05, 0) is 49.0 Å². The first-order chi connectivity index (χ1) is 17.1. The van der Waals surface area contributed by atoms with Gasteiger partial charge in [-0.2, -0.15) is 10.2 Å². The summed E-state index contributed by atoms with van der Waals surface area (Å²) in [6.07, 6.45) is 9.02. The van der Waals surface area contributed by atoms with Gasteiger partial charge in [-0.1, -0.05) is 44.2 Å². The van der Waals surface area contributed by atoms with E-state index in [2.05, 4.69) is 46.6 Å². The Morgan fingerprint density at radius 3 is 2.61 bits per heavy atom. The van der Waals surface area contributed by atoms with Crippen LogP contribution in [0.3, 0.4) is 0 Å². The van der Waals surface area contributed by atoms with Gasteiger partial charge in [0, 0.05) is 30.5 Å². The molecule has 0 saturated carbocycles. The van der Waals surface area contributed by atoms with Gasteiger partial charge in [0.25, 0.3) is 5.91 Å². The largest absolute Gasteiger partial charge is 0.318 e. The van der Waals surface area contributed by atoms with Gasteiger partial charge in [0.1, 0.15) is 0 Å². The Morgan fingerprint density at radius 1 is 1.19 bits per heavy atom. The van der Waals surface area contributed by atoms with E-state index in [9.17, 15) is 13.2 Å². The number of H-pyrrole nitrogens is 1. The lowest BCUT2D eigenvalue weighted by atomic mass is 9.76. The summed E-state index contributed by atoms with van der Waals surface area (Å²) >= 11 is 0. The van der Waals surface area contributed by atoms with Crippen LogP contribution in [0.1, 0.15) is 66.5 Å². The summed E-state index contributed by atoms with van der Waals surface area (Å²) in [7, 11) is -3.19. The van der Waals surface area contributed by atoms with Crippen LogP contribution in [0.4, 0.5) is 5.69 Å². The fourth-order valence-corrected chi connectivity index (χ4v) is 6.47. The van der Waals surface area contributed by atoms with Gasteiger partial charge in [0.05, 0.1) is 24.2 Å². The van der Waals surface area contributed by atoms with Crippen LogP contribution in [0.2, 0.25) is 0 Å². The number of anilines is 1. The van der Waals surface area contributed by atoms with E-state index in [-0.39, 0.29) is 23.3 Å². The number of benzene rings is 1. The molecule has 9 nitrogen and oxygen atoms in total. The Kier molecular flexibility index (Phi) is 6.50. The molecule has 1 atom stereocenters. The monoisotopic (exact) mass is 510 g/mol. The summed E-state index contributed by atoms with van der Waals surface area (Å²) in [4.78, 5) is 13.1. The predicted octanol–water partition coefficient (Wildman–Crippen LogP) is 3.63. The van der Waals surface area contributed by atoms with Crippen LogP contribution in [0.25, 0.3) is 0 Å². The molecule has 0 spiro atoms. The summed E-state index contributed by atoms with van der Waals surface area (Å²) in [5.74, 6) is -0.0138. The molecule has 2 aromatic heterocycles. The maximum Gasteiger partial charge on any atom is 0.276 e. The second-order valence-corrected chi connectivity index (χ2v) is 12.9. The average molecular weight is 511 g/mol. The lowest BCUT2D eigenvalue weighted by molar-refractivity contribution is 0.102. The van der Waals surface area contributed by atoms with E-state index in [1.165, 1.54) is 6.26 Å². The molecule has 3 heterocycles. The van der Waals surface area contributed by atoms with Crippen molar-refractivity contribution in [3.8, 4) is 0 Å². The van der Waals surface area contributed by atoms with Crippen molar-refractivity contribution in [2.45, 2.75) is 52.0 Å². The second kappa shape index (κ2) is 9.48. The third-order valence-electron chi connectivity index (χ3n) is 7.57. The molecule has 0 radical (unpaired) electrons. The first kappa shape index (κ1) is 24.7. The molecule has 5 rings (SSSR count). The van der Waals surface area contributed by atoms with Crippen molar-refractivity contribution in [2.24, 2.45) is 11.3 Å². The molecule has 36 heavy (non-hydrogen) atoms. The van der Waals surface area contributed by atoms with Crippen LogP contribution >= 0.6 is 0 Å². The first-order valence-electron chi connectivity index (χ1n) is 12.5. The van der Waals surface area contributed by atoms with Crippen LogP contribution in [-0.2, 0) is 22.9 Å². The molecule has 3 aromatic rings. The Labute approximate surface area is 212 Å². The summed E-state index contributed by atoms with van der Waals surface area (Å²) in [6, 6.07) is 10.1. The van der Waals surface area contributed by atoms with Crippen molar-refractivity contribution >= 4 is 21.6 Å². The van der Waals surface area contributed by atoms with Crippen molar-refractivity contribution < 1.29 is 13.2 Å². The topological polar surface area (TPSA) is 113 Å². The van der Waals surface area contributed by atoms with E-state index < -0.39 is 10.0 Å². The highest BCUT2D eigenvalue weighted by molar-refractivity contribution is 7.88. The van der Waals surface area contributed by atoms with Crippen molar-refractivity contribution in [3.05, 3.63) is 65.2 Å². The van der Waals surface area contributed by atoms with E-state index in [4.69, 9.17) is 0 Å². The minimum atomic E-state index is -3.19. The Bertz CT molecular complexity index is 1340. The van der Waals surface area contributed by atoms with Gasteiger partial charge in [-0.3, -0.25) is 14.6 Å². The lowest BCUT2D eigenvalue weighted by Gasteiger charge is -2.35. The number of carbonyl (C=O) groups is 1. The van der Waals surface area contributed by atoms with Gasteiger partial charge in [0.15, 0.2) is 5.69 Å². The molecule has 1 saturated heterocycles. The molecule has 2 N–H and O–H groups in total. The van der Waals surface area contributed by atoms with Gasteiger partial charge >= 0.3 is 0 Å². The molecule has 1 aliphatic heterocycles. The number of nitrogens with zero attached hydrogens (tertiary/aromatic N) is 4. The van der Waals surface area contributed by atoms with E-state index in [1.807, 2.05) is 29.1 Å². The number of amides is 1. The highest BCUT2D eigenvalue weighted by atomic mass is 32.2. The van der Waals surface area contributed by atoms with Crippen LogP contribution in [0.15, 0.2) is 42.7 Å². The number of hydrogen-bond acceptors (Lipinski definition) is 5. The van der Waals surface area contributed by atoms with E-state index >= 15 is 0 Å². The Morgan fingerprint density at radius 2 is 1.92 bits per heavy atom. The molecular formula is C26H34N6O3S. The number of piperidine rings is 1. The van der Waals surface area contributed by atoms with E-state index in [0.29, 0.717) is 24.5 Å². The third kappa shape index (κ3) is 5.10. The zero-order valence-corrected chi connectivity index (χ0v) is 21.9. The van der Waals surface area contributed by atoms with E-state index in [0.717, 1.165) is 48.9 Å². The molecule has 0 bridgehead atoms. The normalized spacial score (nSPS) is 19.5. The third-order valence-corrected chi connectivity index (χ3v) is 8.88. The molecular weight excluding hydrogens is 476 g/mol. The van der Waals surface area contributed by atoms with Gasteiger partial charge in [-0.15, -0.1) is 0 Å². The quantitative estimate of drug-likeness (QED) is 0.526. The predicted molar refractivity (Wildman–Crippen MR) is 138 cm³/mol. The zero-order valence-electron chi connectivity index (χ0n) is 21.1.